The number of alkyl halides is 6. The maximum atomic E-state index is 13.6. The van der Waals surface area contributed by atoms with Crippen molar-refractivity contribution >= 4 is 0 Å². The van der Waals surface area contributed by atoms with Crippen LogP contribution in [0.4, 0.5) is 30.7 Å². The summed E-state index contributed by atoms with van der Waals surface area (Å²) in [5.41, 5.74) is 0.664. The Bertz CT molecular complexity index is 481. The molecule has 0 aromatic heterocycles. The monoisotopic (exact) mass is 305 g/mol. The van der Waals surface area contributed by atoms with Crippen LogP contribution in [-0.2, 0) is 12.4 Å². The van der Waals surface area contributed by atoms with Gasteiger partial charge >= 0.3 is 12.4 Å². The maximum Gasteiger partial charge on any atom is 0.416 e. The number of aliphatic hydroxyl groups is 1. The van der Waals surface area contributed by atoms with Crippen LogP contribution in [0.3, 0.4) is 0 Å². The van der Waals surface area contributed by atoms with E-state index in [0.29, 0.717) is 0 Å². The van der Waals surface area contributed by atoms with E-state index in [1.54, 1.807) is 0 Å². The molecule has 0 aliphatic rings. The third-order valence-electron chi connectivity index (χ3n) is 2.57. The quantitative estimate of drug-likeness (QED) is 0.842. The summed E-state index contributed by atoms with van der Waals surface area (Å²) in [6.07, 6.45) is -10.7. The molecule has 0 saturated heterocycles. The zero-order valence-electron chi connectivity index (χ0n) is 9.82. The SMILES string of the molecule is N[C@@H](CCO)c1c(F)cc(C(F)(F)F)cc1C(F)(F)F. The molecule has 0 bridgehead atoms. The number of aliphatic hydroxyl groups excluding tert-OH is 1. The predicted octanol–water partition coefficient (Wildman–Crippen LogP) is 3.25. The van der Waals surface area contributed by atoms with E-state index in [1.807, 2.05) is 0 Å². The number of benzene rings is 1. The van der Waals surface area contributed by atoms with Crippen LogP contribution in [0.25, 0.3) is 0 Å². The number of hydrogen-bond donors (Lipinski definition) is 2. The molecule has 0 saturated carbocycles. The minimum atomic E-state index is -5.19. The van der Waals surface area contributed by atoms with Gasteiger partial charge in [-0.3, -0.25) is 0 Å². The van der Waals surface area contributed by atoms with Crippen molar-refractivity contribution in [2.45, 2.75) is 24.8 Å². The van der Waals surface area contributed by atoms with E-state index in [4.69, 9.17) is 10.8 Å². The minimum absolute atomic E-state index is 0.0399. The lowest BCUT2D eigenvalue weighted by atomic mass is 9.95. The molecule has 1 aromatic rings. The molecule has 0 amide bonds. The molecule has 3 N–H and O–H groups in total. The molecule has 1 aromatic carbocycles. The van der Waals surface area contributed by atoms with Crippen LogP contribution in [0, 0.1) is 5.82 Å². The maximum absolute atomic E-state index is 13.6. The van der Waals surface area contributed by atoms with Gasteiger partial charge in [-0.2, -0.15) is 26.3 Å². The molecular weight excluding hydrogens is 295 g/mol. The minimum Gasteiger partial charge on any atom is -0.396 e. The van der Waals surface area contributed by atoms with Gasteiger partial charge in [0.15, 0.2) is 0 Å². The van der Waals surface area contributed by atoms with E-state index in [0.717, 1.165) is 0 Å². The zero-order chi connectivity index (χ0) is 15.7. The first-order chi connectivity index (χ1) is 8.98. The summed E-state index contributed by atoms with van der Waals surface area (Å²) in [5, 5.41) is 8.60. The van der Waals surface area contributed by atoms with Gasteiger partial charge < -0.3 is 10.8 Å². The standard InChI is InChI=1S/C11H10F7NO/c12-7-4-5(10(13,14)15)3-6(11(16,17)18)9(7)8(19)1-2-20/h3-4,8,20H,1-2,19H2/t8-/m0/s1. The molecule has 20 heavy (non-hydrogen) atoms. The highest BCUT2D eigenvalue weighted by molar-refractivity contribution is 5.38. The van der Waals surface area contributed by atoms with Crippen molar-refractivity contribution in [3.05, 3.63) is 34.6 Å². The number of hydrogen-bond acceptors (Lipinski definition) is 2. The van der Waals surface area contributed by atoms with Crippen molar-refractivity contribution in [2.24, 2.45) is 5.73 Å². The smallest absolute Gasteiger partial charge is 0.396 e. The molecule has 0 aliphatic heterocycles. The summed E-state index contributed by atoms with van der Waals surface area (Å²) in [6, 6.07) is -1.78. The summed E-state index contributed by atoms with van der Waals surface area (Å²) < 4.78 is 89.1. The van der Waals surface area contributed by atoms with Crippen molar-refractivity contribution in [3.8, 4) is 0 Å². The average Bonchev–Trinajstić information content (AvgIpc) is 2.25. The van der Waals surface area contributed by atoms with E-state index in [-0.39, 0.29) is 12.1 Å². The third-order valence-corrected chi connectivity index (χ3v) is 2.57. The van der Waals surface area contributed by atoms with Gasteiger partial charge in [0, 0.05) is 18.2 Å². The highest BCUT2D eigenvalue weighted by Crippen LogP contribution is 2.40. The van der Waals surface area contributed by atoms with E-state index < -0.39 is 53.9 Å². The Morgan fingerprint density at radius 2 is 1.60 bits per heavy atom. The van der Waals surface area contributed by atoms with E-state index in [9.17, 15) is 30.7 Å². The third kappa shape index (κ3) is 3.60. The van der Waals surface area contributed by atoms with E-state index in [1.165, 1.54) is 0 Å². The van der Waals surface area contributed by atoms with Gasteiger partial charge in [-0.05, 0) is 18.6 Å². The van der Waals surface area contributed by atoms with Crippen LogP contribution in [0.15, 0.2) is 12.1 Å². The number of halogens is 7. The number of rotatable bonds is 3. The average molecular weight is 305 g/mol. The summed E-state index contributed by atoms with van der Waals surface area (Å²) in [5.74, 6) is -1.70. The van der Waals surface area contributed by atoms with Crippen LogP contribution in [-0.4, -0.2) is 11.7 Å². The fraction of sp³-hybridized carbons (Fsp3) is 0.455. The van der Waals surface area contributed by atoms with Crippen LogP contribution >= 0.6 is 0 Å². The Labute approximate surface area is 109 Å². The summed E-state index contributed by atoms with van der Waals surface area (Å²) in [7, 11) is 0. The normalized spacial score (nSPS) is 14.4. The van der Waals surface area contributed by atoms with Gasteiger partial charge in [-0.15, -0.1) is 0 Å². The van der Waals surface area contributed by atoms with Crippen molar-refractivity contribution in [3.63, 3.8) is 0 Å². The summed E-state index contributed by atoms with van der Waals surface area (Å²) >= 11 is 0. The van der Waals surface area contributed by atoms with Crippen molar-refractivity contribution in [2.75, 3.05) is 6.61 Å². The van der Waals surface area contributed by atoms with E-state index >= 15 is 0 Å². The first-order valence-corrected chi connectivity index (χ1v) is 5.32. The van der Waals surface area contributed by atoms with E-state index in [2.05, 4.69) is 0 Å². The molecule has 0 radical (unpaired) electrons. The molecule has 114 valence electrons. The molecule has 0 unspecified atom stereocenters. The highest BCUT2D eigenvalue weighted by Gasteiger charge is 2.40. The van der Waals surface area contributed by atoms with Crippen LogP contribution in [0.1, 0.15) is 29.2 Å². The molecule has 0 spiro atoms. The lowest BCUT2D eigenvalue weighted by Gasteiger charge is -2.20. The highest BCUT2D eigenvalue weighted by atomic mass is 19.4. The Hall–Kier alpha value is -1.35. The second kappa shape index (κ2) is 5.57. The first kappa shape index (κ1) is 16.7. The van der Waals surface area contributed by atoms with Crippen molar-refractivity contribution in [1.82, 2.24) is 0 Å². The number of nitrogens with two attached hydrogens (primary N) is 1. The van der Waals surface area contributed by atoms with Crippen molar-refractivity contribution < 1.29 is 35.8 Å². The Morgan fingerprint density at radius 1 is 1.05 bits per heavy atom. The Balaban J connectivity index is 3.52. The molecule has 1 rings (SSSR count). The zero-order valence-corrected chi connectivity index (χ0v) is 9.82. The second-order valence-corrected chi connectivity index (χ2v) is 4.03. The fourth-order valence-corrected chi connectivity index (χ4v) is 1.68. The van der Waals surface area contributed by atoms with Crippen LogP contribution in [0.2, 0.25) is 0 Å². The molecule has 9 heteroatoms. The van der Waals surface area contributed by atoms with Gasteiger partial charge in [0.05, 0.1) is 11.1 Å². The lowest BCUT2D eigenvalue weighted by Crippen LogP contribution is -2.22. The van der Waals surface area contributed by atoms with Crippen molar-refractivity contribution in [1.29, 1.82) is 0 Å². The van der Waals surface area contributed by atoms with Crippen LogP contribution < -0.4 is 5.73 Å². The predicted molar refractivity (Wildman–Crippen MR) is 55.0 cm³/mol. The molecule has 1 atom stereocenters. The molecule has 0 fully saturated rings. The van der Waals surface area contributed by atoms with Crippen LogP contribution in [0.5, 0.6) is 0 Å². The molecule has 2 nitrogen and oxygen atoms in total. The van der Waals surface area contributed by atoms with Gasteiger partial charge in [0.2, 0.25) is 0 Å². The first-order valence-electron chi connectivity index (χ1n) is 5.32. The Kier molecular flexibility index (Phi) is 4.65. The molecule has 0 heterocycles. The van der Waals surface area contributed by atoms with Gasteiger partial charge in [-0.25, -0.2) is 4.39 Å². The Morgan fingerprint density at radius 3 is 2.00 bits per heavy atom. The second-order valence-electron chi connectivity index (χ2n) is 4.03. The van der Waals surface area contributed by atoms with Gasteiger partial charge in [0.1, 0.15) is 5.82 Å². The fourth-order valence-electron chi connectivity index (χ4n) is 1.68. The topological polar surface area (TPSA) is 46.2 Å². The summed E-state index contributed by atoms with van der Waals surface area (Å²) in [4.78, 5) is 0. The van der Waals surface area contributed by atoms with Gasteiger partial charge in [-0.1, -0.05) is 0 Å². The summed E-state index contributed by atoms with van der Waals surface area (Å²) in [6.45, 7) is -0.626. The molecule has 0 aliphatic carbocycles. The lowest BCUT2D eigenvalue weighted by molar-refractivity contribution is -0.144. The molecular formula is C11H10F7NO. The van der Waals surface area contributed by atoms with Gasteiger partial charge in [0.25, 0.3) is 0 Å². The largest absolute Gasteiger partial charge is 0.416 e.